The van der Waals surface area contributed by atoms with Gasteiger partial charge in [0.05, 0.1) is 6.04 Å². The Labute approximate surface area is 162 Å². The van der Waals surface area contributed by atoms with Gasteiger partial charge in [0.15, 0.2) is 0 Å². The molecule has 0 spiro atoms. The van der Waals surface area contributed by atoms with Crippen LogP contribution in [0.1, 0.15) is 37.9 Å². The number of carbonyl (C=O) groups is 1. The molecule has 1 unspecified atom stereocenters. The molecular formula is C22H30N4O. The SMILES string of the molecule is CCc1ccc(C(NC(=O)N2CCN(c3ccncc3)CC2)C(C)C)cc1. The molecule has 1 aromatic heterocycles. The van der Waals surface area contributed by atoms with E-state index in [0.29, 0.717) is 5.92 Å². The highest BCUT2D eigenvalue weighted by Gasteiger charge is 2.25. The van der Waals surface area contributed by atoms with Gasteiger partial charge >= 0.3 is 6.03 Å². The normalized spacial score (nSPS) is 15.7. The van der Waals surface area contributed by atoms with Crippen molar-refractivity contribution in [2.45, 2.75) is 33.2 Å². The maximum Gasteiger partial charge on any atom is 0.318 e. The summed E-state index contributed by atoms with van der Waals surface area (Å²) in [5.74, 6) is 0.333. The Morgan fingerprint density at radius 1 is 1.04 bits per heavy atom. The third kappa shape index (κ3) is 4.79. The van der Waals surface area contributed by atoms with Gasteiger partial charge in [0.25, 0.3) is 0 Å². The van der Waals surface area contributed by atoms with E-state index in [1.165, 1.54) is 16.8 Å². The minimum absolute atomic E-state index is 0.0293. The Balaban J connectivity index is 1.59. The molecular weight excluding hydrogens is 336 g/mol. The molecule has 1 aliphatic heterocycles. The van der Waals surface area contributed by atoms with Gasteiger partial charge in [0, 0.05) is 44.3 Å². The molecule has 0 bridgehead atoms. The zero-order valence-electron chi connectivity index (χ0n) is 16.6. The minimum Gasteiger partial charge on any atom is -0.368 e. The molecule has 3 rings (SSSR count). The van der Waals surface area contributed by atoms with Crippen LogP contribution in [0, 0.1) is 5.92 Å². The first-order valence-electron chi connectivity index (χ1n) is 9.87. The van der Waals surface area contributed by atoms with E-state index < -0.39 is 0 Å². The number of carbonyl (C=O) groups excluding carboxylic acids is 1. The lowest BCUT2D eigenvalue weighted by Gasteiger charge is -2.37. The van der Waals surface area contributed by atoms with Crippen LogP contribution in [-0.2, 0) is 6.42 Å². The fraction of sp³-hybridized carbons (Fsp3) is 0.455. The monoisotopic (exact) mass is 366 g/mol. The Morgan fingerprint density at radius 2 is 1.67 bits per heavy atom. The van der Waals surface area contributed by atoms with Crippen LogP contribution in [0.4, 0.5) is 10.5 Å². The summed E-state index contributed by atoms with van der Waals surface area (Å²) in [6, 6.07) is 12.7. The minimum atomic E-state index is 0.0293. The first-order chi connectivity index (χ1) is 13.1. The van der Waals surface area contributed by atoms with Crippen LogP contribution in [0.2, 0.25) is 0 Å². The molecule has 2 aromatic rings. The smallest absolute Gasteiger partial charge is 0.318 e. The third-order valence-corrected chi connectivity index (χ3v) is 5.29. The molecule has 0 saturated carbocycles. The maximum atomic E-state index is 12.8. The van der Waals surface area contributed by atoms with E-state index in [4.69, 9.17) is 0 Å². The number of pyridine rings is 1. The number of benzene rings is 1. The summed E-state index contributed by atoms with van der Waals surface area (Å²) in [5.41, 5.74) is 3.66. The number of nitrogens with one attached hydrogen (secondary N) is 1. The van der Waals surface area contributed by atoms with Crippen molar-refractivity contribution < 1.29 is 4.79 Å². The molecule has 5 heteroatoms. The molecule has 2 heterocycles. The third-order valence-electron chi connectivity index (χ3n) is 5.29. The molecule has 0 radical (unpaired) electrons. The molecule has 1 fully saturated rings. The second-order valence-corrected chi connectivity index (χ2v) is 7.45. The van der Waals surface area contributed by atoms with Crippen molar-refractivity contribution in [3.63, 3.8) is 0 Å². The van der Waals surface area contributed by atoms with Crippen molar-refractivity contribution in [3.8, 4) is 0 Å². The predicted molar refractivity (Wildman–Crippen MR) is 110 cm³/mol. The topological polar surface area (TPSA) is 48.5 Å². The van der Waals surface area contributed by atoms with Crippen molar-refractivity contribution in [3.05, 3.63) is 59.9 Å². The van der Waals surface area contributed by atoms with Gasteiger partial charge in [-0.1, -0.05) is 45.0 Å². The summed E-state index contributed by atoms with van der Waals surface area (Å²) >= 11 is 0. The highest BCUT2D eigenvalue weighted by atomic mass is 16.2. The quantitative estimate of drug-likeness (QED) is 0.874. The van der Waals surface area contributed by atoms with Crippen LogP contribution < -0.4 is 10.2 Å². The Kier molecular flexibility index (Phi) is 6.32. The number of hydrogen-bond acceptors (Lipinski definition) is 3. The van der Waals surface area contributed by atoms with Gasteiger partial charge in [-0.25, -0.2) is 4.79 Å². The Morgan fingerprint density at radius 3 is 2.22 bits per heavy atom. The Hall–Kier alpha value is -2.56. The summed E-state index contributed by atoms with van der Waals surface area (Å²) in [7, 11) is 0. The molecule has 1 saturated heterocycles. The summed E-state index contributed by atoms with van der Waals surface area (Å²) in [4.78, 5) is 21.1. The van der Waals surface area contributed by atoms with E-state index in [1.807, 2.05) is 29.4 Å². The molecule has 5 nitrogen and oxygen atoms in total. The summed E-state index contributed by atoms with van der Waals surface area (Å²) < 4.78 is 0. The van der Waals surface area contributed by atoms with Crippen LogP contribution in [0.25, 0.3) is 0 Å². The average Bonchev–Trinajstić information content (AvgIpc) is 2.72. The lowest BCUT2D eigenvalue weighted by molar-refractivity contribution is 0.186. The number of amides is 2. The predicted octanol–water partition coefficient (Wildman–Crippen LogP) is 3.87. The molecule has 27 heavy (non-hydrogen) atoms. The number of aryl methyl sites for hydroxylation is 1. The lowest BCUT2D eigenvalue weighted by Crippen LogP contribution is -2.52. The number of hydrogen-bond donors (Lipinski definition) is 1. The first-order valence-corrected chi connectivity index (χ1v) is 9.87. The number of urea groups is 1. The second-order valence-electron chi connectivity index (χ2n) is 7.45. The molecule has 144 valence electrons. The van der Waals surface area contributed by atoms with Gasteiger partial charge in [-0.15, -0.1) is 0 Å². The van der Waals surface area contributed by atoms with Gasteiger partial charge in [0.2, 0.25) is 0 Å². The molecule has 0 aliphatic carbocycles. The van der Waals surface area contributed by atoms with Gasteiger partial charge in [0.1, 0.15) is 0 Å². The van der Waals surface area contributed by atoms with E-state index >= 15 is 0 Å². The number of rotatable bonds is 5. The van der Waals surface area contributed by atoms with E-state index in [9.17, 15) is 4.79 Å². The van der Waals surface area contributed by atoms with E-state index in [0.717, 1.165) is 32.6 Å². The number of anilines is 1. The Bertz CT molecular complexity index is 722. The van der Waals surface area contributed by atoms with Crippen LogP contribution in [0.5, 0.6) is 0 Å². The molecule has 2 amide bonds. The van der Waals surface area contributed by atoms with E-state index in [-0.39, 0.29) is 12.1 Å². The van der Waals surface area contributed by atoms with Gasteiger partial charge in [-0.3, -0.25) is 4.98 Å². The fourth-order valence-electron chi connectivity index (χ4n) is 3.54. The van der Waals surface area contributed by atoms with Gasteiger partial charge < -0.3 is 15.1 Å². The largest absolute Gasteiger partial charge is 0.368 e. The average molecular weight is 367 g/mol. The van der Waals surface area contributed by atoms with Crippen LogP contribution in [0.15, 0.2) is 48.8 Å². The zero-order valence-corrected chi connectivity index (χ0v) is 16.6. The van der Waals surface area contributed by atoms with Crippen LogP contribution in [0.3, 0.4) is 0 Å². The van der Waals surface area contributed by atoms with Crippen molar-refractivity contribution in [1.82, 2.24) is 15.2 Å². The summed E-state index contributed by atoms with van der Waals surface area (Å²) in [5, 5.41) is 3.25. The zero-order chi connectivity index (χ0) is 19.2. The van der Waals surface area contributed by atoms with Crippen LogP contribution in [-0.4, -0.2) is 42.1 Å². The molecule has 1 aromatic carbocycles. The highest BCUT2D eigenvalue weighted by Crippen LogP contribution is 2.23. The van der Waals surface area contributed by atoms with Gasteiger partial charge in [-0.05, 0) is 35.6 Å². The molecule has 1 aliphatic rings. The van der Waals surface area contributed by atoms with Crippen molar-refractivity contribution in [2.75, 3.05) is 31.1 Å². The molecule has 1 atom stereocenters. The number of nitrogens with zero attached hydrogens (tertiary/aromatic N) is 3. The summed E-state index contributed by atoms with van der Waals surface area (Å²) in [6.07, 6.45) is 4.65. The number of aromatic nitrogens is 1. The van der Waals surface area contributed by atoms with Crippen LogP contribution >= 0.6 is 0 Å². The first kappa shape index (κ1) is 19.2. The maximum absolute atomic E-state index is 12.8. The standard InChI is InChI=1S/C22H30N4O/c1-4-18-5-7-19(8-6-18)21(17(2)3)24-22(27)26-15-13-25(14-16-26)20-9-11-23-12-10-20/h5-12,17,21H,4,13-16H2,1-3H3,(H,24,27). The summed E-state index contributed by atoms with van der Waals surface area (Å²) in [6.45, 7) is 9.61. The second kappa shape index (κ2) is 8.89. The van der Waals surface area contributed by atoms with Crippen molar-refractivity contribution >= 4 is 11.7 Å². The molecule has 1 N–H and O–H groups in total. The van der Waals surface area contributed by atoms with Gasteiger partial charge in [-0.2, -0.15) is 0 Å². The highest BCUT2D eigenvalue weighted by molar-refractivity contribution is 5.75. The van der Waals surface area contributed by atoms with Crippen molar-refractivity contribution in [1.29, 1.82) is 0 Å². The van der Waals surface area contributed by atoms with E-state index in [1.54, 1.807) is 0 Å². The van der Waals surface area contributed by atoms with Crippen molar-refractivity contribution in [2.24, 2.45) is 5.92 Å². The lowest BCUT2D eigenvalue weighted by atomic mass is 9.95. The fourth-order valence-corrected chi connectivity index (χ4v) is 3.54. The van der Waals surface area contributed by atoms with E-state index in [2.05, 4.69) is 60.2 Å². The number of piperazine rings is 1.